The minimum absolute atomic E-state index is 0.0718. The van der Waals surface area contributed by atoms with Crippen LogP contribution in [-0.4, -0.2) is 85.7 Å². The van der Waals surface area contributed by atoms with Crippen molar-refractivity contribution in [2.24, 2.45) is 0 Å². The molecule has 0 aromatic carbocycles. The maximum absolute atomic E-state index is 13.3. The van der Waals surface area contributed by atoms with E-state index in [9.17, 15) is 22.8 Å². The second-order valence-corrected chi connectivity index (χ2v) is 9.92. The summed E-state index contributed by atoms with van der Waals surface area (Å²) >= 11 is 0. The number of piperazine rings is 1. The molecule has 4 heterocycles. The van der Waals surface area contributed by atoms with Crippen LogP contribution in [0.3, 0.4) is 0 Å². The van der Waals surface area contributed by atoms with Crippen molar-refractivity contribution in [1.82, 2.24) is 14.1 Å². The number of nitrogens with zero attached hydrogens (tertiary/aromatic N) is 3. The highest BCUT2D eigenvalue weighted by molar-refractivity contribution is 7.89. The highest BCUT2D eigenvalue weighted by atomic mass is 32.2. The van der Waals surface area contributed by atoms with Crippen LogP contribution in [-0.2, 0) is 19.6 Å². The summed E-state index contributed by atoms with van der Waals surface area (Å²) in [6.07, 6.45) is 3.60. The van der Waals surface area contributed by atoms with E-state index in [2.05, 4.69) is 0 Å². The van der Waals surface area contributed by atoms with E-state index in [-0.39, 0.29) is 61.2 Å². The van der Waals surface area contributed by atoms with Gasteiger partial charge in [-0.15, -0.1) is 0 Å². The van der Waals surface area contributed by atoms with E-state index in [1.54, 1.807) is 28.9 Å². The van der Waals surface area contributed by atoms with E-state index in [4.69, 9.17) is 13.6 Å². The first-order chi connectivity index (χ1) is 16.3. The van der Waals surface area contributed by atoms with Gasteiger partial charge >= 0.3 is 5.97 Å². The molecule has 0 saturated carbocycles. The predicted molar refractivity (Wildman–Crippen MR) is 117 cm³/mol. The van der Waals surface area contributed by atoms with Crippen LogP contribution in [0, 0.1) is 0 Å². The number of carbonyl (C=O) groups is 3. The smallest absolute Gasteiger partial charge is 0.374 e. The second-order valence-electron chi connectivity index (χ2n) is 8.06. The summed E-state index contributed by atoms with van der Waals surface area (Å²) in [6.45, 7) is 2.75. The van der Waals surface area contributed by atoms with Crippen molar-refractivity contribution in [3.05, 3.63) is 42.0 Å². The number of rotatable bonds is 6. The number of ether oxygens (including phenoxy) is 1. The number of amides is 2. The minimum Gasteiger partial charge on any atom is -0.460 e. The molecular weight excluding hydrogens is 466 g/mol. The molecular formula is C22H27N3O8S. The summed E-state index contributed by atoms with van der Waals surface area (Å²) in [5.41, 5.74) is 0. The molecule has 2 aromatic rings. The van der Waals surface area contributed by atoms with Crippen molar-refractivity contribution >= 4 is 27.8 Å². The van der Waals surface area contributed by atoms with E-state index in [1.807, 2.05) is 0 Å². The molecule has 0 aliphatic carbocycles. The van der Waals surface area contributed by atoms with Gasteiger partial charge in [0, 0.05) is 32.7 Å². The van der Waals surface area contributed by atoms with E-state index in [0.29, 0.717) is 13.0 Å². The Labute approximate surface area is 197 Å². The normalized spacial score (nSPS) is 19.7. The Morgan fingerprint density at radius 2 is 1.79 bits per heavy atom. The van der Waals surface area contributed by atoms with Gasteiger partial charge in [0.05, 0.1) is 12.9 Å². The minimum atomic E-state index is -3.97. The molecule has 2 fully saturated rings. The first kappa shape index (κ1) is 24.0. The second kappa shape index (κ2) is 10.0. The first-order valence-corrected chi connectivity index (χ1v) is 12.7. The van der Waals surface area contributed by atoms with Gasteiger partial charge in [0.25, 0.3) is 15.9 Å². The third-order valence-electron chi connectivity index (χ3n) is 5.98. The van der Waals surface area contributed by atoms with E-state index in [1.165, 1.54) is 22.7 Å². The van der Waals surface area contributed by atoms with Crippen molar-refractivity contribution in [2.45, 2.75) is 37.3 Å². The van der Waals surface area contributed by atoms with Gasteiger partial charge < -0.3 is 23.4 Å². The number of esters is 1. The topological polar surface area (TPSA) is 131 Å². The van der Waals surface area contributed by atoms with Gasteiger partial charge in [0.1, 0.15) is 6.04 Å². The lowest BCUT2D eigenvalue weighted by Crippen LogP contribution is -2.57. The number of furan rings is 2. The Morgan fingerprint density at radius 1 is 1.03 bits per heavy atom. The molecule has 2 amide bonds. The molecule has 2 aliphatic heterocycles. The largest absolute Gasteiger partial charge is 0.460 e. The van der Waals surface area contributed by atoms with Crippen LogP contribution in [0.4, 0.5) is 0 Å². The SMILES string of the molecule is CCOC(=O)c1ccc(S(=O)(=O)N2CCN(C(=O)C3CCCCN3C(=O)c3ccco3)CC2)o1. The van der Waals surface area contributed by atoms with Gasteiger partial charge in [0.15, 0.2) is 5.76 Å². The number of likely N-dealkylation sites (tertiary alicyclic amines) is 1. The quantitative estimate of drug-likeness (QED) is 0.555. The Bertz CT molecular complexity index is 1130. The Morgan fingerprint density at radius 3 is 2.47 bits per heavy atom. The molecule has 11 nitrogen and oxygen atoms in total. The van der Waals surface area contributed by atoms with E-state index >= 15 is 0 Å². The van der Waals surface area contributed by atoms with Crippen LogP contribution in [0.5, 0.6) is 0 Å². The van der Waals surface area contributed by atoms with Gasteiger partial charge in [-0.1, -0.05) is 0 Å². The van der Waals surface area contributed by atoms with Crippen LogP contribution in [0.25, 0.3) is 0 Å². The van der Waals surface area contributed by atoms with Gasteiger partial charge in [0.2, 0.25) is 16.8 Å². The Kier molecular flexibility index (Phi) is 7.08. The van der Waals surface area contributed by atoms with Crippen molar-refractivity contribution in [3.63, 3.8) is 0 Å². The van der Waals surface area contributed by atoms with Crippen LogP contribution >= 0.6 is 0 Å². The van der Waals surface area contributed by atoms with Crippen molar-refractivity contribution in [3.8, 4) is 0 Å². The summed E-state index contributed by atoms with van der Waals surface area (Å²) < 4.78 is 42.4. The average Bonchev–Trinajstić information content (AvgIpc) is 3.56. The number of carbonyl (C=O) groups excluding carboxylic acids is 3. The molecule has 1 unspecified atom stereocenters. The Hall–Kier alpha value is -3.12. The number of hydrogen-bond acceptors (Lipinski definition) is 8. The third-order valence-corrected chi connectivity index (χ3v) is 7.76. The highest BCUT2D eigenvalue weighted by Gasteiger charge is 2.39. The maximum atomic E-state index is 13.3. The molecule has 2 aromatic heterocycles. The molecule has 12 heteroatoms. The third kappa shape index (κ3) is 4.73. The van der Waals surface area contributed by atoms with Crippen LogP contribution in [0.15, 0.2) is 44.5 Å². The van der Waals surface area contributed by atoms with E-state index in [0.717, 1.165) is 12.8 Å². The van der Waals surface area contributed by atoms with Gasteiger partial charge in [-0.2, -0.15) is 4.31 Å². The fourth-order valence-electron chi connectivity index (χ4n) is 4.23. The summed E-state index contributed by atoms with van der Waals surface area (Å²) in [4.78, 5) is 41.0. The first-order valence-electron chi connectivity index (χ1n) is 11.2. The monoisotopic (exact) mass is 493 g/mol. The average molecular weight is 494 g/mol. The van der Waals surface area contributed by atoms with Gasteiger partial charge in [-0.25, -0.2) is 13.2 Å². The molecule has 0 spiro atoms. The summed E-state index contributed by atoms with van der Waals surface area (Å²) in [6, 6.07) is 5.08. The number of sulfonamides is 1. The fourth-order valence-corrected chi connectivity index (χ4v) is 5.56. The molecule has 0 bridgehead atoms. The molecule has 2 saturated heterocycles. The standard InChI is InChI=1S/C22H27N3O8S/c1-2-31-22(28)18-8-9-19(33-18)34(29,30)24-13-11-23(12-14-24)20(26)16-6-3-4-10-25(16)21(27)17-7-5-15-32-17/h5,7-9,15-16H,2-4,6,10-14H2,1H3. The van der Waals surface area contributed by atoms with Crippen LogP contribution in [0.2, 0.25) is 0 Å². The summed E-state index contributed by atoms with van der Waals surface area (Å²) in [7, 11) is -3.97. The molecule has 34 heavy (non-hydrogen) atoms. The Balaban J connectivity index is 1.40. The number of hydrogen-bond donors (Lipinski definition) is 0. The molecule has 2 aliphatic rings. The molecule has 4 rings (SSSR count). The molecule has 184 valence electrons. The van der Waals surface area contributed by atoms with E-state index < -0.39 is 22.0 Å². The van der Waals surface area contributed by atoms with Crippen LogP contribution in [0.1, 0.15) is 47.3 Å². The zero-order valence-electron chi connectivity index (χ0n) is 18.8. The van der Waals surface area contributed by atoms with Crippen molar-refractivity contribution in [1.29, 1.82) is 0 Å². The van der Waals surface area contributed by atoms with Crippen molar-refractivity contribution < 1.29 is 36.4 Å². The zero-order chi connectivity index (χ0) is 24.3. The van der Waals surface area contributed by atoms with Crippen LogP contribution < -0.4 is 0 Å². The van der Waals surface area contributed by atoms with Gasteiger partial charge in [-0.3, -0.25) is 9.59 Å². The predicted octanol–water partition coefficient (Wildman–Crippen LogP) is 1.58. The summed E-state index contributed by atoms with van der Waals surface area (Å²) in [5, 5.41) is -0.349. The molecule has 0 N–H and O–H groups in total. The molecule has 0 radical (unpaired) electrons. The lowest BCUT2D eigenvalue weighted by molar-refractivity contribution is -0.138. The maximum Gasteiger partial charge on any atom is 0.374 e. The lowest BCUT2D eigenvalue weighted by Gasteiger charge is -2.40. The highest BCUT2D eigenvalue weighted by Crippen LogP contribution is 2.24. The van der Waals surface area contributed by atoms with Crippen molar-refractivity contribution in [2.75, 3.05) is 39.3 Å². The fraction of sp³-hybridized carbons (Fsp3) is 0.500. The van der Waals surface area contributed by atoms with Gasteiger partial charge in [-0.05, 0) is 50.5 Å². The number of piperidine rings is 1. The molecule has 1 atom stereocenters. The zero-order valence-corrected chi connectivity index (χ0v) is 19.7. The lowest BCUT2D eigenvalue weighted by atomic mass is 10.00. The summed E-state index contributed by atoms with van der Waals surface area (Å²) in [5.74, 6) is -1.25.